The summed E-state index contributed by atoms with van der Waals surface area (Å²) in [5.41, 5.74) is -1.18. The number of aliphatic hydroxyl groups is 1. The molecule has 1 aromatic carbocycles. The summed E-state index contributed by atoms with van der Waals surface area (Å²) in [6.07, 6.45) is 5.03. The fourth-order valence-corrected chi connectivity index (χ4v) is 2.78. The molecule has 0 spiro atoms. The second-order valence-electron chi connectivity index (χ2n) is 5.08. The average molecular weight is 240 g/mol. The van der Waals surface area contributed by atoms with Crippen LogP contribution in [0.5, 0.6) is 0 Å². The lowest BCUT2D eigenvalue weighted by Crippen LogP contribution is -2.34. The van der Waals surface area contributed by atoms with Gasteiger partial charge in [0.1, 0.15) is 0 Å². The van der Waals surface area contributed by atoms with Gasteiger partial charge in [-0.1, -0.05) is 31.4 Å². The molecular formula is C14H18F2O. The lowest BCUT2D eigenvalue weighted by atomic mass is 9.74. The zero-order valence-electron chi connectivity index (χ0n) is 10.0. The van der Waals surface area contributed by atoms with Crippen molar-refractivity contribution >= 4 is 0 Å². The van der Waals surface area contributed by atoms with E-state index in [0.717, 1.165) is 38.2 Å². The van der Waals surface area contributed by atoms with Crippen molar-refractivity contribution in [3.63, 3.8) is 0 Å². The predicted octanol–water partition coefficient (Wildman–Crippen LogP) is 3.75. The van der Waals surface area contributed by atoms with Crippen LogP contribution in [0.1, 0.15) is 44.6 Å². The number of hydrogen-bond donors (Lipinski definition) is 1. The molecule has 1 fully saturated rings. The third-order valence-corrected chi connectivity index (χ3v) is 3.90. The van der Waals surface area contributed by atoms with Gasteiger partial charge in [-0.3, -0.25) is 0 Å². The number of benzene rings is 1. The molecule has 1 nitrogen and oxygen atoms in total. The van der Waals surface area contributed by atoms with Crippen LogP contribution >= 0.6 is 0 Å². The van der Waals surface area contributed by atoms with Crippen molar-refractivity contribution in [2.45, 2.75) is 44.6 Å². The van der Waals surface area contributed by atoms with Gasteiger partial charge in [0.25, 0.3) is 0 Å². The molecule has 0 saturated heterocycles. The summed E-state index contributed by atoms with van der Waals surface area (Å²) in [6.45, 7) is 1.60. The van der Waals surface area contributed by atoms with E-state index in [2.05, 4.69) is 0 Å². The van der Waals surface area contributed by atoms with Gasteiger partial charge in [0.05, 0.1) is 5.60 Å². The Kier molecular flexibility index (Phi) is 3.48. The number of halogens is 2. The molecule has 1 saturated carbocycles. The van der Waals surface area contributed by atoms with Crippen LogP contribution in [0.2, 0.25) is 0 Å². The van der Waals surface area contributed by atoms with Gasteiger partial charge in [-0.15, -0.1) is 0 Å². The quantitative estimate of drug-likeness (QED) is 0.834. The van der Waals surface area contributed by atoms with E-state index in [9.17, 15) is 13.9 Å². The minimum atomic E-state index is -1.27. The van der Waals surface area contributed by atoms with Crippen molar-refractivity contribution in [3.8, 4) is 0 Å². The highest BCUT2D eigenvalue weighted by atomic mass is 19.2. The van der Waals surface area contributed by atoms with Crippen LogP contribution in [0, 0.1) is 17.6 Å². The highest BCUT2D eigenvalue weighted by Crippen LogP contribution is 2.40. The van der Waals surface area contributed by atoms with Crippen LogP contribution in [0.15, 0.2) is 18.2 Å². The molecule has 17 heavy (non-hydrogen) atoms. The van der Waals surface area contributed by atoms with Gasteiger partial charge < -0.3 is 5.11 Å². The molecule has 3 heteroatoms. The van der Waals surface area contributed by atoms with Gasteiger partial charge in [0.2, 0.25) is 0 Å². The predicted molar refractivity (Wildman–Crippen MR) is 62.5 cm³/mol. The Morgan fingerprint density at radius 2 is 1.82 bits per heavy atom. The molecule has 0 radical (unpaired) electrons. The van der Waals surface area contributed by atoms with Gasteiger partial charge >= 0.3 is 0 Å². The molecule has 94 valence electrons. The summed E-state index contributed by atoms with van der Waals surface area (Å²) in [5.74, 6) is -1.78. The second kappa shape index (κ2) is 4.73. The zero-order valence-corrected chi connectivity index (χ0v) is 10.0. The fourth-order valence-electron chi connectivity index (χ4n) is 2.78. The van der Waals surface area contributed by atoms with Crippen molar-refractivity contribution in [2.24, 2.45) is 5.92 Å². The third kappa shape index (κ3) is 2.34. The topological polar surface area (TPSA) is 20.2 Å². The van der Waals surface area contributed by atoms with E-state index in [1.54, 1.807) is 6.92 Å². The first-order valence-corrected chi connectivity index (χ1v) is 6.20. The minimum absolute atomic E-state index is 0.0209. The van der Waals surface area contributed by atoms with Crippen molar-refractivity contribution < 1.29 is 13.9 Å². The summed E-state index contributed by atoms with van der Waals surface area (Å²) in [6, 6.07) is 4.01. The summed E-state index contributed by atoms with van der Waals surface area (Å²) in [5, 5.41) is 10.5. The van der Waals surface area contributed by atoms with E-state index in [0.29, 0.717) is 0 Å². The molecule has 0 amide bonds. The summed E-state index contributed by atoms with van der Waals surface area (Å²) in [7, 11) is 0. The van der Waals surface area contributed by atoms with Crippen LogP contribution in [-0.2, 0) is 5.60 Å². The van der Waals surface area contributed by atoms with Crippen molar-refractivity contribution in [2.75, 3.05) is 0 Å². The number of hydrogen-bond acceptors (Lipinski definition) is 1. The second-order valence-corrected chi connectivity index (χ2v) is 5.08. The molecule has 0 aliphatic heterocycles. The average Bonchev–Trinajstić information content (AvgIpc) is 2.33. The molecule has 2 rings (SSSR count). The van der Waals surface area contributed by atoms with Crippen LogP contribution < -0.4 is 0 Å². The van der Waals surface area contributed by atoms with E-state index < -0.39 is 17.2 Å². The molecule has 0 bridgehead atoms. The highest BCUT2D eigenvalue weighted by Gasteiger charge is 2.36. The normalized spacial score (nSPS) is 21.2. The van der Waals surface area contributed by atoms with Gasteiger partial charge in [-0.25, -0.2) is 8.78 Å². The maximum atomic E-state index is 13.7. The SMILES string of the molecule is CC(O)(c1cccc(F)c1F)C1CCCCC1. The maximum Gasteiger partial charge on any atom is 0.164 e. The largest absolute Gasteiger partial charge is 0.385 e. The Bertz CT molecular complexity index is 395. The van der Waals surface area contributed by atoms with E-state index in [1.165, 1.54) is 12.1 Å². The first kappa shape index (κ1) is 12.5. The van der Waals surface area contributed by atoms with Gasteiger partial charge in [0.15, 0.2) is 11.6 Å². The van der Waals surface area contributed by atoms with Gasteiger partial charge in [0, 0.05) is 5.56 Å². The van der Waals surface area contributed by atoms with Crippen LogP contribution in [0.3, 0.4) is 0 Å². The molecule has 1 aromatic rings. The van der Waals surface area contributed by atoms with Crippen molar-refractivity contribution in [3.05, 3.63) is 35.4 Å². The smallest absolute Gasteiger partial charge is 0.164 e. The summed E-state index contributed by atoms with van der Waals surface area (Å²) < 4.78 is 26.9. The Morgan fingerprint density at radius 1 is 1.18 bits per heavy atom. The summed E-state index contributed by atoms with van der Waals surface area (Å²) in [4.78, 5) is 0. The molecule has 1 N–H and O–H groups in total. The fraction of sp³-hybridized carbons (Fsp3) is 0.571. The van der Waals surface area contributed by atoms with Crippen molar-refractivity contribution in [1.82, 2.24) is 0 Å². The Labute approximate surface area is 100 Å². The molecule has 0 aromatic heterocycles. The monoisotopic (exact) mass is 240 g/mol. The Balaban J connectivity index is 2.32. The molecule has 0 heterocycles. The standard InChI is InChI=1S/C14H18F2O/c1-14(17,10-6-3-2-4-7-10)11-8-5-9-12(15)13(11)16/h5,8-10,17H,2-4,6-7H2,1H3. The lowest BCUT2D eigenvalue weighted by molar-refractivity contribution is -0.0247. The van der Waals surface area contributed by atoms with Crippen LogP contribution in [0.4, 0.5) is 8.78 Å². The Hall–Kier alpha value is -0.960. The zero-order chi connectivity index (χ0) is 12.5. The highest BCUT2D eigenvalue weighted by molar-refractivity contribution is 5.25. The molecular weight excluding hydrogens is 222 g/mol. The molecule has 1 atom stereocenters. The van der Waals surface area contributed by atoms with E-state index in [-0.39, 0.29) is 11.5 Å². The third-order valence-electron chi connectivity index (χ3n) is 3.90. The van der Waals surface area contributed by atoms with Crippen LogP contribution in [0.25, 0.3) is 0 Å². The van der Waals surface area contributed by atoms with Crippen molar-refractivity contribution in [1.29, 1.82) is 0 Å². The van der Waals surface area contributed by atoms with E-state index in [1.807, 2.05) is 0 Å². The molecule has 1 aliphatic carbocycles. The lowest BCUT2D eigenvalue weighted by Gasteiger charge is -2.36. The summed E-state index contributed by atoms with van der Waals surface area (Å²) >= 11 is 0. The molecule has 1 unspecified atom stereocenters. The Morgan fingerprint density at radius 3 is 2.47 bits per heavy atom. The minimum Gasteiger partial charge on any atom is -0.385 e. The van der Waals surface area contributed by atoms with Gasteiger partial charge in [-0.2, -0.15) is 0 Å². The maximum absolute atomic E-state index is 13.7. The van der Waals surface area contributed by atoms with E-state index >= 15 is 0 Å². The number of rotatable bonds is 2. The molecule has 1 aliphatic rings. The van der Waals surface area contributed by atoms with Gasteiger partial charge in [-0.05, 0) is 31.7 Å². The van der Waals surface area contributed by atoms with Crippen LogP contribution in [-0.4, -0.2) is 5.11 Å². The first-order valence-electron chi connectivity index (χ1n) is 6.20. The first-order chi connectivity index (χ1) is 8.03. The van der Waals surface area contributed by atoms with E-state index in [4.69, 9.17) is 0 Å².